The van der Waals surface area contributed by atoms with Crippen LogP contribution in [0, 0.1) is 5.92 Å². The number of aliphatic carboxylic acids is 1. The molecule has 0 saturated carbocycles. The molecule has 53 heavy (non-hydrogen) atoms. The van der Waals surface area contributed by atoms with Gasteiger partial charge in [-0.2, -0.15) is 0 Å². The average molecular weight is 760 g/mol. The number of phosphoric ester groups is 1. The molecular weight excluding hydrogens is 717 g/mol. The highest BCUT2D eigenvalue weighted by molar-refractivity contribution is 7.46. The second-order valence-electron chi connectivity index (χ2n) is 12.4. The largest absolute Gasteiger partial charge is 0.524 e. The van der Waals surface area contributed by atoms with E-state index in [4.69, 9.17) is 15.5 Å². The summed E-state index contributed by atoms with van der Waals surface area (Å²) < 4.78 is 15.5. The lowest BCUT2D eigenvalue weighted by Gasteiger charge is -2.27. The van der Waals surface area contributed by atoms with Crippen LogP contribution in [0.25, 0.3) is 0 Å². The quantitative estimate of drug-likeness (QED) is 0.0499. The van der Waals surface area contributed by atoms with Gasteiger partial charge in [0.25, 0.3) is 0 Å². The number of hydrogen-bond acceptors (Lipinski definition) is 11. The van der Waals surface area contributed by atoms with Crippen molar-refractivity contribution in [3.63, 3.8) is 0 Å². The number of rotatable bonds is 20. The first kappa shape index (κ1) is 41.8. The lowest BCUT2D eigenvalue weighted by atomic mass is 10.00. The summed E-state index contributed by atoms with van der Waals surface area (Å²) in [6.07, 6.45) is 2.34. The number of imidazole rings is 1. The number of carboxylic acids is 1. The molecule has 0 aliphatic carbocycles. The third-order valence-corrected chi connectivity index (χ3v) is 8.14. The van der Waals surface area contributed by atoms with Crippen LogP contribution in [0.2, 0.25) is 0 Å². The standard InChI is InChI=1S/C33H42N7O12P/c1-18(2)29(33(48)37-22(16-41)13-21-15-35-17-36-21)40-32(47)26(12-20-3-7-23(42)8-4-20)39-31(46)27(14-28(43)44)38-30(45)25(34)11-19-5-9-24(10-6-19)52-53(49,50)51/h3-10,15-18,22,25-27,29,42H,11-14,34H2,1-2H3,(H,35,36)(H,37,48)(H,38,45)(H,39,46)(H,40,47)(H,43,44)(H2,49,50,51)/t22-,25-,26-,27-,29-/m0/s1. The molecule has 0 spiro atoms. The zero-order valence-corrected chi connectivity index (χ0v) is 29.6. The fraction of sp³-hybridized carbons (Fsp3) is 0.364. The molecule has 0 bridgehead atoms. The first-order valence-corrected chi connectivity index (χ1v) is 17.7. The van der Waals surface area contributed by atoms with Crippen molar-refractivity contribution in [3.8, 4) is 11.5 Å². The Morgan fingerprint density at radius 2 is 1.43 bits per heavy atom. The van der Waals surface area contributed by atoms with Gasteiger partial charge in [0.2, 0.25) is 23.6 Å². The maximum atomic E-state index is 13.7. The minimum atomic E-state index is -4.80. The molecule has 3 rings (SSSR count). The van der Waals surface area contributed by atoms with Crippen molar-refractivity contribution in [2.24, 2.45) is 11.7 Å². The van der Waals surface area contributed by atoms with Crippen LogP contribution in [0.15, 0.2) is 61.1 Å². The summed E-state index contributed by atoms with van der Waals surface area (Å²) in [6, 6.07) is 4.37. The van der Waals surface area contributed by atoms with Gasteiger partial charge in [-0.05, 0) is 47.7 Å². The van der Waals surface area contributed by atoms with Crippen molar-refractivity contribution < 1.29 is 57.9 Å². The van der Waals surface area contributed by atoms with Crippen LogP contribution < -0.4 is 31.5 Å². The number of carbonyl (C=O) groups excluding carboxylic acids is 5. The van der Waals surface area contributed by atoms with E-state index in [9.17, 15) is 43.5 Å². The Morgan fingerprint density at radius 3 is 1.98 bits per heavy atom. The Morgan fingerprint density at radius 1 is 0.849 bits per heavy atom. The van der Waals surface area contributed by atoms with Crippen LogP contribution in [0.5, 0.6) is 11.5 Å². The highest BCUT2D eigenvalue weighted by atomic mass is 31.2. The molecule has 19 nitrogen and oxygen atoms in total. The molecule has 20 heteroatoms. The second-order valence-corrected chi connectivity index (χ2v) is 13.6. The predicted molar refractivity (Wildman–Crippen MR) is 186 cm³/mol. The number of phenolic OH excluding ortho intramolecular Hbond substituents is 1. The number of carboxylic acid groups (broad SMARTS) is 1. The zero-order valence-electron chi connectivity index (χ0n) is 28.7. The number of H-pyrrole nitrogens is 1. The number of aromatic amines is 1. The number of nitrogens with one attached hydrogen (secondary N) is 5. The minimum Gasteiger partial charge on any atom is -0.508 e. The Bertz CT molecular complexity index is 1770. The smallest absolute Gasteiger partial charge is 0.508 e. The molecule has 11 N–H and O–H groups in total. The van der Waals surface area contributed by atoms with E-state index in [2.05, 4.69) is 35.8 Å². The third-order valence-electron chi connectivity index (χ3n) is 7.69. The maximum Gasteiger partial charge on any atom is 0.524 e. The van der Waals surface area contributed by atoms with Crippen molar-refractivity contribution in [1.29, 1.82) is 0 Å². The van der Waals surface area contributed by atoms with Gasteiger partial charge in [0, 0.05) is 24.7 Å². The van der Waals surface area contributed by atoms with Gasteiger partial charge in [-0.1, -0.05) is 38.1 Å². The highest BCUT2D eigenvalue weighted by Crippen LogP contribution is 2.37. The fourth-order valence-corrected chi connectivity index (χ4v) is 5.41. The van der Waals surface area contributed by atoms with Crippen molar-refractivity contribution in [1.82, 2.24) is 31.2 Å². The van der Waals surface area contributed by atoms with Gasteiger partial charge >= 0.3 is 13.8 Å². The number of nitrogens with zero attached hydrogens (tertiary/aromatic N) is 1. The van der Waals surface area contributed by atoms with E-state index in [-0.39, 0.29) is 30.8 Å². The van der Waals surface area contributed by atoms with Crippen LogP contribution in [-0.2, 0) is 52.6 Å². The fourth-order valence-electron chi connectivity index (χ4n) is 5.01. The normalized spacial score (nSPS) is 14.2. The zero-order chi connectivity index (χ0) is 39.3. The number of phosphoric acid groups is 1. The SMILES string of the molecule is CC(C)[C@H](NC(=O)[C@H](Cc1ccc(O)cc1)NC(=O)[C@H](CC(=O)O)NC(=O)[C@@H](N)Cc1ccc(OP(=O)(O)O)cc1)C(=O)N[C@H](C=O)Cc1cnc[nH]1. The lowest BCUT2D eigenvalue weighted by Crippen LogP contribution is -2.60. The van der Waals surface area contributed by atoms with Crippen molar-refractivity contribution >= 4 is 43.7 Å². The van der Waals surface area contributed by atoms with E-state index in [1.165, 1.54) is 61.1 Å². The third kappa shape index (κ3) is 14.1. The van der Waals surface area contributed by atoms with Gasteiger partial charge in [-0.25, -0.2) is 9.55 Å². The van der Waals surface area contributed by atoms with Crippen LogP contribution in [0.1, 0.15) is 37.1 Å². The number of amides is 4. The summed E-state index contributed by atoms with van der Waals surface area (Å²) in [5.74, 6) is -5.68. The molecule has 3 aromatic rings. The summed E-state index contributed by atoms with van der Waals surface area (Å²) in [7, 11) is -4.80. The molecule has 1 aromatic heterocycles. The van der Waals surface area contributed by atoms with E-state index < -0.39 is 80.0 Å². The van der Waals surface area contributed by atoms with Crippen LogP contribution in [-0.4, -0.2) is 96.1 Å². The van der Waals surface area contributed by atoms with Crippen molar-refractivity contribution in [2.75, 3.05) is 0 Å². The summed E-state index contributed by atoms with van der Waals surface area (Å²) >= 11 is 0. The molecule has 0 aliphatic heterocycles. The molecule has 5 atom stereocenters. The Labute approximate surface area is 303 Å². The topological polar surface area (TPSA) is 312 Å². The van der Waals surface area contributed by atoms with E-state index >= 15 is 0 Å². The predicted octanol–water partition coefficient (Wildman–Crippen LogP) is -0.789. The molecular formula is C33H42N7O12P. The number of carbonyl (C=O) groups is 6. The first-order chi connectivity index (χ1) is 24.9. The molecule has 4 amide bonds. The van der Waals surface area contributed by atoms with E-state index in [0.29, 0.717) is 23.1 Å². The second kappa shape index (κ2) is 19.3. The van der Waals surface area contributed by atoms with E-state index in [1.807, 2.05) is 0 Å². The summed E-state index contributed by atoms with van der Waals surface area (Å²) in [5.41, 5.74) is 7.52. The molecule has 0 unspecified atom stereocenters. The highest BCUT2D eigenvalue weighted by Gasteiger charge is 2.33. The summed E-state index contributed by atoms with van der Waals surface area (Å²) in [5, 5.41) is 29.2. The maximum absolute atomic E-state index is 13.7. The van der Waals surface area contributed by atoms with Gasteiger partial charge in [0.1, 0.15) is 35.9 Å². The van der Waals surface area contributed by atoms with Crippen LogP contribution >= 0.6 is 7.82 Å². The van der Waals surface area contributed by atoms with Gasteiger partial charge in [-0.15, -0.1) is 0 Å². The Kier molecular flexibility index (Phi) is 15.2. The summed E-state index contributed by atoms with van der Waals surface area (Å²) in [6.45, 7) is 3.30. The minimum absolute atomic E-state index is 0.0684. The Balaban J connectivity index is 1.77. The van der Waals surface area contributed by atoms with Gasteiger partial charge in [0.05, 0.1) is 24.8 Å². The lowest BCUT2D eigenvalue weighted by molar-refractivity contribution is -0.141. The summed E-state index contributed by atoms with van der Waals surface area (Å²) in [4.78, 5) is 102. The molecule has 0 saturated heterocycles. The van der Waals surface area contributed by atoms with Crippen molar-refractivity contribution in [3.05, 3.63) is 77.9 Å². The molecule has 0 radical (unpaired) electrons. The number of aromatic nitrogens is 2. The Hall–Kier alpha value is -5.62. The molecule has 0 fully saturated rings. The van der Waals surface area contributed by atoms with Gasteiger partial charge in [-0.3, -0.25) is 33.8 Å². The number of aldehydes is 1. The molecule has 2 aromatic carbocycles. The number of nitrogens with two attached hydrogens (primary N) is 1. The van der Waals surface area contributed by atoms with E-state index in [0.717, 1.165) is 0 Å². The van der Waals surface area contributed by atoms with E-state index in [1.54, 1.807) is 13.8 Å². The molecule has 0 aliphatic rings. The van der Waals surface area contributed by atoms with Crippen molar-refractivity contribution in [2.45, 2.75) is 69.7 Å². The first-order valence-electron chi connectivity index (χ1n) is 16.2. The number of hydrogen-bond donors (Lipinski definition) is 10. The molecule has 286 valence electrons. The number of phenols is 1. The monoisotopic (exact) mass is 759 g/mol. The van der Waals surface area contributed by atoms with Gasteiger partial charge < -0.3 is 51.5 Å². The number of aromatic hydroxyl groups is 1. The van der Waals surface area contributed by atoms with Crippen LogP contribution in [0.4, 0.5) is 0 Å². The number of benzene rings is 2. The van der Waals surface area contributed by atoms with Gasteiger partial charge in [0.15, 0.2) is 0 Å². The van der Waals surface area contributed by atoms with Crippen LogP contribution in [0.3, 0.4) is 0 Å². The molecule has 1 heterocycles. The average Bonchev–Trinajstić information content (AvgIpc) is 3.60.